The Hall–Kier alpha value is -2.59. The molecule has 0 unspecified atom stereocenters. The molecule has 0 bridgehead atoms. The Bertz CT molecular complexity index is 869. The summed E-state index contributed by atoms with van der Waals surface area (Å²) in [5.74, 6) is 2.18. The second-order valence-electron chi connectivity index (χ2n) is 7.11. The van der Waals surface area contributed by atoms with E-state index in [1.165, 1.54) is 11.3 Å². The van der Waals surface area contributed by atoms with Crippen molar-refractivity contribution in [2.45, 2.75) is 33.2 Å². The monoisotopic (exact) mass is 379 g/mol. The molecule has 1 amide bonds. The molecule has 4 heteroatoms. The number of carbonyl (C=O) groups excluding carboxylic acids is 1. The molecule has 2 aromatic carbocycles. The summed E-state index contributed by atoms with van der Waals surface area (Å²) in [7, 11) is 0. The predicted molar refractivity (Wildman–Crippen MR) is 113 cm³/mol. The van der Waals surface area contributed by atoms with Crippen LogP contribution in [-0.2, 0) is 0 Å². The van der Waals surface area contributed by atoms with E-state index in [0.29, 0.717) is 5.92 Å². The third kappa shape index (κ3) is 5.44. The zero-order valence-corrected chi connectivity index (χ0v) is 16.8. The largest absolute Gasteiger partial charge is 0.457 e. The Morgan fingerprint density at radius 2 is 1.59 bits per heavy atom. The number of hydrogen-bond donors (Lipinski definition) is 1. The van der Waals surface area contributed by atoms with E-state index in [0.717, 1.165) is 33.2 Å². The number of benzene rings is 2. The lowest BCUT2D eigenvalue weighted by Gasteiger charge is -2.15. The molecule has 3 aromatic rings. The number of para-hydroxylation sites is 1. The van der Waals surface area contributed by atoms with Crippen LogP contribution in [0.1, 0.15) is 36.9 Å². The van der Waals surface area contributed by atoms with Crippen molar-refractivity contribution in [2.75, 3.05) is 0 Å². The molecular weight excluding hydrogens is 354 g/mol. The average molecular weight is 380 g/mol. The lowest BCUT2D eigenvalue weighted by atomic mass is 10.1. The molecule has 0 fully saturated rings. The SMILES string of the molecule is CC(C)C[C@@H](C)NC(=O)c1ccc(-c2ccc(Oc3ccccc3)cc2)s1. The summed E-state index contributed by atoms with van der Waals surface area (Å²) < 4.78 is 5.83. The first-order valence-electron chi connectivity index (χ1n) is 9.25. The molecule has 1 atom stereocenters. The van der Waals surface area contributed by atoms with E-state index in [9.17, 15) is 4.79 Å². The van der Waals surface area contributed by atoms with E-state index in [2.05, 4.69) is 26.1 Å². The van der Waals surface area contributed by atoms with Crippen LogP contribution in [0.3, 0.4) is 0 Å². The fraction of sp³-hybridized carbons (Fsp3) is 0.261. The molecule has 0 radical (unpaired) electrons. The van der Waals surface area contributed by atoms with Crippen LogP contribution >= 0.6 is 11.3 Å². The Balaban J connectivity index is 1.64. The summed E-state index contributed by atoms with van der Waals surface area (Å²) in [6.07, 6.45) is 0.979. The highest BCUT2D eigenvalue weighted by Gasteiger charge is 2.14. The Morgan fingerprint density at radius 3 is 2.26 bits per heavy atom. The van der Waals surface area contributed by atoms with Gasteiger partial charge in [0.1, 0.15) is 11.5 Å². The minimum Gasteiger partial charge on any atom is -0.457 e. The van der Waals surface area contributed by atoms with Gasteiger partial charge in [0.05, 0.1) is 4.88 Å². The third-order valence-corrected chi connectivity index (χ3v) is 5.28. The van der Waals surface area contributed by atoms with Gasteiger partial charge < -0.3 is 10.1 Å². The zero-order valence-electron chi connectivity index (χ0n) is 15.9. The van der Waals surface area contributed by atoms with Crippen molar-refractivity contribution < 1.29 is 9.53 Å². The van der Waals surface area contributed by atoms with Crippen LogP contribution in [0, 0.1) is 5.92 Å². The topological polar surface area (TPSA) is 38.3 Å². The van der Waals surface area contributed by atoms with Crippen LogP contribution in [-0.4, -0.2) is 11.9 Å². The molecule has 3 rings (SSSR count). The van der Waals surface area contributed by atoms with Crippen molar-refractivity contribution in [3.05, 3.63) is 71.6 Å². The highest BCUT2D eigenvalue weighted by molar-refractivity contribution is 7.17. The Kier molecular flexibility index (Phi) is 6.30. The zero-order chi connectivity index (χ0) is 19.2. The molecule has 27 heavy (non-hydrogen) atoms. The van der Waals surface area contributed by atoms with Crippen LogP contribution in [0.2, 0.25) is 0 Å². The first-order chi connectivity index (χ1) is 13.0. The van der Waals surface area contributed by atoms with E-state index in [-0.39, 0.29) is 11.9 Å². The van der Waals surface area contributed by atoms with Crippen LogP contribution in [0.4, 0.5) is 0 Å². The van der Waals surface area contributed by atoms with E-state index >= 15 is 0 Å². The predicted octanol–water partition coefficient (Wildman–Crippen LogP) is 6.37. The molecule has 1 heterocycles. The van der Waals surface area contributed by atoms with Gasteiger partial charge >= 0.3 is 0 Å². The highest BCUT2D eigenvalue weighted by Crippen LogP contribution is 2.30. The maximum atomic E-state index is 12.4. The number of carbonyl (C=O) groups is 1. The first kappa shape index (κ1) is 19.2. The van der Waals surface area contributed by atoms with Crippen LogP contribution < -0.4 is 10.1 Å². The van der Waals surface area contributed by atoms with Crippen LogP contribution in [0.5, 0.6) is 11.5 Å². The summed E-state index contributed by atoms with van der Waals surface area (Å²) in [6.45, 7) is 6.38. The number of rotatable bonds is 7. The number of amides is 1. The van der Waals surface area contributed by atoms with E-state index in [1.54, 1.807) is 0 Å². The molecule has 0 saturated heterocycles. The second kappa shape index (κ2) is 8.87. The fourth-order valence-electron chi connectivity index (χ4n) is 2.99. The molecular formula is C23H25NO2S. The van der Waals surface area contributed by atoms with Crippen molar-refractivity contribution >= 4 is 17.2 Å². The Morgan fingerprint density at radius 1 is 0.926 bits per heavy atom. The molecule has 1 aromatic heterocycles. The molecule has 0 spiro atoms. The Labute approximate surface area is 165 Å². The maximum Gasteiger partial charge on any atom is 0.261 e. The normalized spacial score (nSPS) is 12.0. The summed E-state index contributed by atoms with van der Waals surface area (Å²) in [5, 5.41) is 3.08. The molecule has 0 aliphatic rings. The molecule has 0 aliphatic carbocycles. The van der Waals surface area contributed by atoms with Gasteiger partial charge in [-0.15, -0.1) is 11.3 Å². The summed E-state index contributed by atoms with van der Waals surface area (Å²) in [5.41, 5.74) is 1.08. The minimum absolute atomic E-state index is 0.00318. The van der Waals surface area contributed by atoms with Gasteiger partial charge in [0, 0.05) is 10.9 Å². The average Bonchev–Trinajstić information content (AvgIpc) is 3.13. The van der Waals surface area contributed by atoms with E-state index in [1.807, 2.05) is 66.7 Å². The fourth-order valence-corrected chi connectivity index (χ4v) is 3.90. The molecule has 3 nitrogen and oxygen atoms in total. The first-order valence-corrected chi connectivity index (χ1v) is 10.1. The van der Waals surface area contributed by atoms with Gasteiger partial charge in [-0.1, -0.05) is 32.0 Å². The van der Waals surface area contributed by atoms with Crippen molar-refractivity contribution in [3.63, 3.8) is 0 Å². The quantitative estimate of drug-likeness (QED) is 0.518. The van der Waals surface area contributed by atoms with Crippen molar-refractivity contribution in [3.8, 4) is 21.9 Å². The third-order valence-electron chi connectivity index (χ3n) is 4.15. The summed E-state index contributed by atoms with van der Waals surface area (Å²) in [4.78, 5) is 14.2. The van der Waals surface area contributed by atoms with Crippen molar-refractivity contribution in [1.82, 2.24) is 5.32 Å². The molecule has 140 valence electrons. The van der Waals surface area contributed by atoms with Gasteiger partial charge in [0.2, 0.25) is 0 Å². The molecule has 0 aliphatic heterocycles. The standard InChI is InChI=1S/C23H25NO2S/c1-16(2)15-17(3)24-23(25)22-14-13-21(27-22)18-9-11-20(12-10-18)26-19-7-5-4-6-8-19/h4-14,16-17H,15H2,1-3H3,(H,24,25)/t17-/m1/s1. The highest BCUT2D eigenvalue weighted by atomic mass is 32.1. The van der Waals surface area contributed by atoms with Crippen molar-refractivity contribution in [1.29, 1.82) is 0 Å². The van der Waals surface area contributed by atoms with Crippen molar-refractivity contribution in [2.24, 2.45) is 5.92 Å². The number of thiophene rings is 1. The summed E-state index contributed by atoms with van der Waals surface area (Å²) >= 11 is 1.51. The van der Waals surface area contributed by atoms with Gasteiger partial charge in [-0.3, -0.25) is 4.79 Å². The molecule has 0 saturated carbocycles. The lowest BCUT2D eigenvalue weighted by Crippen LogP contribution is -2.32. The van der Waals surface area contributed by atoms with Gasteiger partial charge in [-0.05, 0) is 73.4 Å². The van der Waals surface area contributed by atoms with E-state index < -0.39 is 0 Å². The van der Waals surface area contributed by atoms with Crippen LogP contribution in [0.15, 0.2) is 66.7 Å². The van der Waals surface area contributed by atoms with Gasteiger partial charge in [0.25, 0.3) is 5.91 Å². The van der Waals surface area contributed by atoms with Gasteiger partial charge in [0.15, 0.2) is 0 Å². The number of nitrogens with one attached hydrogen (secondary N) is 1. The summed E-state index contributed by atoms with van der Waals surface area (Å²) in [6, 6.07) is 21.7. The minimum atomic E-state index is 0.00318. The smallest absolute Gasteiger partial charge is 0.261 e. The molecule has 1 N–H and O–H groups in total. The number of ether oxygens (including phenoxy) is 1. The number of hydrogen-bond acceptors (Lipinski definition) is 3. The lowest BCUT2D eigenvalue weighted by molar-refractivity contribution is 0.0940. The van der Waals surface area contributed by atoms with Gasteiger partial charge in [-0.2, -0.15) is 0 Å². The second-order valence-corrected chi connectivity index (χ2v) is 8.19. The maximum absolute atomic E-state index is 12.4. The van der Waals surface area contributed by atoms with Gasteiger partial charge in [-0.25, -0.2) is 0 Å². The van der Waals surface area contributed by atoms with E-state index in [4.69, 9.17) is 4.74 Å². The van der Waals surface area contributed by atoms with Crippen LogP contribution in [0.25, 0.3) is 10.4 Å².